The van der Waals surface area contributed by atoms with Crippen LogP contribution in [-0.2, 0) is 0 Å². The first-order valence-electron chi connectivity index (χ1n) is 11.9. The number of benzene rings is 3. The van der Waals surface area contributed by atoms with Gasteiger partial charge in [0.05, 0.1) is 6.04 Å². The zero-order valence-electron chi connectivity index (χ0n) is 18.3. The highest BCUT2D eigenvalue weighted by molar-refractivity contribution is 6.05. The summed E-state index contributed by atoms with van der Waals surface area (Å²) in [4.78, 5) is 13.1. The molecule has 4 aliphatic rings. The van der Waals surface area contributed by atoms with Crippen LogP contribution in [0.3, 0.4) is 0 Å². The molecule has 3 aromatic carbocycles. The number of ether oxygens (including phenoxy) is 2. The summed E-state index contributed by atoms with van der Waals surface area (Å²) < 4.78 is 10.8. The van der Waals surface area contributed by atoms with Crippen LogP contribution in [-0.4, -0.2) is 12.7 Å². The highest BCUT2D eigenvalue weighted by atomic mass is 16.7. The first-order valence-corrected chi connectivity index (χ1v) is 11.9. The van der Waals surface area contributed by atoms with E-state index in [0.717, 1.165) is 11.8 Å². The quantitative estimate of drug-likeness (QED) is 0.529. The number of nitrogens with one attached hydrogen (secondary N) is 2. The molecule has 0 radical (unpaired) electrons. The van der Waals surface area contributed by atoms with Crippen molar-refractivity contribution >= 4 is 17.3 Å². The largest absolute Gasteiger partial charge is 0.454 e. The lowest BCUT2D eigenvalue weighted by atomic mass is 9.68. The van der Waals surface area contributed by atoms with Crippen LogP contribution < -0.4 is 20.1 Å². The number of amides is 1. The predicted molar refractivity (Wildman–Crippen MR) is 127 cm³/mol. The van der Waals surface area contributed by atoms with Crippen molar-refractivity contribution in [2.75, 3.05) is 17.4 Å². The Morgan fingerprint density at radius 1 is 0.909 bits per heavy atom. The van der Waals surface area contributed by atoms with Crippen molar-refractivity contribution in [2.24, 2.45) is 17.8 Å². The van der Waals surface area contributed by atoms with Gasteiger partial charge in [0, 0.05) is 23.0 Å². The van der Waals surface area contributed by atoms with Gasteiger partial charge in [-0.1, -0.05) is 30.3 Å². The molecule has 2 heterocycles. The summed E-state index contributed by atoms with van der Waals surface area (Å²) in [5.74, 6) is 3.87. The molecule has 1 amide bonds. The van der Waals surface area contributed by atoms with E-state index >= 15 is 0 Å². The first-order chi connectivity index (χ1) is 16.2. The number of hydrogen-bond acceptors (Lipinski definition) is 4. The van der Waals surface area contributed by atoms with Gasteiger partial charge in [-0.05, 0) is 84.4 Å². The Morgan fingerprint density at radius 3 is 2.67 bits per heavy atom. The molecule has 2 aliphatic carbocycles. The molecule has 5 nitrogen and oxygen atoms in total. The third-order valence-corrected chi connectivity index (χ3v) is 8.14. The van der Waals surface area contributed by atoms with E-state index in [1.54, 1.807) is 0 Å². The van der Waals surface area contributed by atoms with Crippen LogP contribution in [0.25, 0.3) is 0 Å². The highest BCUT2D eigenvalue weighted by Gasteiger charge is 2.53. The molecule has 2 fully saturated rings. The molecule has 0 spiro atoms. The Kier molecular flexibility index (Phi) is 4.20. The second kappa shape index (κ2) is 7.27. The topological polar surface area (TPSA) is 59.6 Å². The van der Waals surface area contributed by atoms with Crippen LogP contribution in [0.15, 0.2) is 66.7 Å². The van der Waals surface area contributed by atoms with Crippen LogP contribution in [0.5, 0.6) is 11.5 Å². The number of anilines is 2. The molecule has 33 heavy (non-hydrogen) atoms. The molecule has 7 rings (SSSR count). The molecule has 3 aromatic rings. The predicted octanol–water partition coefficient (Wildman–Crippen LogP) is 5.96. The molecule has 166 valence electrons. The minimum absolute atomic E-state index is 0.0958. The average Bonchev–Trinajstić information content (AvgIpc) is 3.60. The Hall–Kier alpha value is -3.47. The van der Waals surface area contributed by atoms with Gasteiger partial charge in [0.25, 0.3) is 5.91 Å². The standard InChI is InChI=1S/C28H26N2O3/c31-28(29-20-9-11-23-24(14-20)33-15-32-23)19-8-10-22-21(13-19)25-17-6-7-18(12-17)26(25)27(30-22)16-4-2-1-3-5-16/h1-5,8-11,13-14,17-18,25-27,30H,6-7,12,15H2,(H,29,31)/t17-,18+,25-,26+,27-/m1/s1. The van der Waals surface area contributed by atoms with Gasteiger partial charge >= 0.3 is 0 Å². The summed E-state index contributed by atoms with van der Waals surface area (Å²) in [6.07, 6.45) is 3.95. The molecular formula is C28H26N2O3. The Labute approximate surface area is 193 Å². The van der Waals surface area contributed by atoms with E-state index in [1.807, 2.05) is 24.3 Å². The SMILES string of the molecule is O=C(Nc1ccc2c(c1)OCO2)c1ccc2c(c1)[C@H]1[C@@H]3CC[C@@H](C3)[C@@H]1[C@@H](c1ccccc1)N2. The molecule has 0 aromatic heterocycles. The van der Waals surface area contributed by atoms with Gasteiger partial charge in [-0.25, -0.2) is 0 Å². The van der Waals surface area contributed by atoms with Crippen molar-refractivity contribution in [2.45, 2.75) is 31.2 Å². The fraction of sp³-hybridized carbons (Fsp3) is 0.321. The second-order valence-electron chi connectivity index (χ2n) is 9.79. The summed E-state index contributed by atoms with van der Waals surface area (Å²) in [7, 11) is 0. The van der Waals surface area contributed by atoms with E-state index in [1.165, 1.54) is 36.1 Å². The van der Waals surface area contributed by atoms with Gasteiger partial charge in [0.2, 0.25) is 6.79 Å². The monoisotopic (exact) mass is 438 g/mol. The van der Waals surface area contributed by atoms with E-state index in [-0.39, 0.29) is 12.7 Å². The number of carbonyl (C=O) groups is 1. The number of carbonyl (C=O) groups excluding carboxylic acids is 1. The van der Waals surface area contributed by atoms with Gasteiger partial charge in [0.15, 0.2) is 11.5 Å². The number of fused-ring (bicyclic) bond motifs is 8. The zero-order valence-corrected chi connectivity index (χ0v) is 18.3. The first kappa shape index (κ1) is 19.0. The lowest BCUT2D eigenvalue weighted by molar-refractivity contribution is 0.102. The van der Waals surface area contributed by atoms with Crippen molar-refractivity contribution in [1.29, 1.82) is 0 Å². The Bertz CT molecular complexity index is 1240. The molecule has 0 saturated heterocycles. The zero-order chi connectivity index (χ0) is 21.9. The third kappa shape index (κ3) is 3.02. The van der Waals surface area contributed by atoms with Crippen molar-refractivity contribution < 1.29 is 14.3 Å². The summed E-state index contributed by atoms with van der Waals surface area (Å²) in [6, 6.07) is 22.9. The van der Waals surface area contributed by atoms with Crippen LogP contribution >= 0.6 is 0 Å². The van der Waals surface area contributed by atoms with Gasteiger partial charge in [-0.3, -0.25) is 4.79 Å². The van der Waals surface area contributed by atoms with Crippen molar-refractivity contribution in [3.63, 3.8) is 0 Å². The minimum Gasteiger partial charge on any atom is -0.454 e. The third-order valence-electron chi connectivity index (χ3n) is 8.14. The van der Waals surface area contributed by atoms with E-state index in [4.69, 9.17) is 9.47 Å². The molecule has 5 heteroatoms. The van der Waals surface area contributed by atoms with Gasteiger partial charge in [0.1, 0.15) is 0 Å². The maximum absolute atomic E-state index is 13.1. The lowest BCUT2D eigenvalue weighted by Gasteiger charge is -2.43. The van der Waals surface area contributed by atoms with Crippen molar-refractivity contribution in [1.82, 2.24) is 0 Å². The summed E-state index contributed by atoms with van der Waals surface area (Å²) >= 11 is 0. The van der Waals surface area contributed by atoms with E-state index in [2.05, 4.69) is 53.1 Å². The van der Waals surface area contributed by atoms with Crippen LogP contribution in [0, 0.1) is 17.8 Å². The van der Waals surface area contributed by atoms with E-state index in [0.29, 0.717) is 40.6 Å². The smallest absolute Gasteiger partial charge is 0.255 e. The number of rotatable bonds is 3. The summed E-state index contributed by atoms with van der Waals surface area (Å²) in [5.41, 5.74) is 5.28. The number of hydrogen-bond donors (Lipinski definition) is 2. The van der Waals surface area contributed by atoms with E-state index < -0.39 is 0 Å². The van der Waals surface area contributed by atoms with Crippen molar-refractivity contribution in [3.05, 3.63) is 83.4 Å². The summed E-state index contributed by atoms with van der Waals surface area (Å²) in [6.45, 7) is 0.221. The maximum Gasteiger partial charge on any atom is 0.255 e. The Balaban J connectivity index is 1.21. The molecule has 2 N–H and O–H groups in total. The summed E-state index contributed by atoms with van der Waals surface area (Å²) in [5, 5.41) is 6.88. The second-order valence-corrected chi connectivity index (χ2v) is 9.79. The molecular weight excluding hydrogens is 412 g/mol. The minimum atomic E-state index is -0.0958. The van der Waals surface area contributed by atoms with Crippen LogP contribution in [0.2, 0.25) is 0 Å². The lowest BCUT2D eigenvalue weighted by Crippen LogP contribution is -2.35. The highest BCUT2D eigenvalue weighted by Crippen LogP contribution is 2.63. The maximum atomic E-state index is 13.1. The Morgan fingerprint density at radius 2 is 1.76 bits per heavy atom. The normalized spacial score (nSPS) is 28.1. The van der Waals surface area contributed by atoms with Gasteiger partial charge < -0.3 is 20.1 Å². The van der Waals surface area contributed by atoms with Gasteiger partial charge in [-0.2, -0.15) is 0 Å². The van der Waals surface area contributed by atoms with Crippen LogP contribution in [0.4, 0.5) is 11.4 Å². The van der Waals surface area contributed by atoms with Gasteiger partial charge in [-0.15, -0.1) is 0 Å². The average molecular weight is 439 g/mol. The van der Waals surface area contributed by atoms with Crippen LogP contribution in [0.1, 0.15) is 52.7 Å². The molecule has 0 unspecified atom stereocenters. The fourth-order valence-corrected chi connectivity index (χ4v) is 6.80. The van der Waals surface area contributed by atoms with E-state index in [9.17, 15) is 4.79 Å². The van der Waals surface area contributed by atoms with Crippen molar-refractivity contribution in [3.8, 4) is 11.5 Å². The molecule has 2 bridgehead atoms. The molecule has 2 saturated carbocycles. The molecule has 5 atom stereocenters. The fourth-order valence-electron chi connectivity index (χ4n) is 6.80. The molecule has 2 aliphatic heterocycles.